The molecule has 0 aliphatic heterocycles. The summed E-state index contributed by atoms with van der Waals surface area (Å²) in [5, 5.41) is 0. The average Bonchev–Trinajstić information content (AvgIpc) is 2.20. The Morgan fingerprint density at radius 3 is 2.77 bits per heavy atom. The maximum atomic E-state index is 10.9. The molecule has 63 valence electrons. The van der Waals surface area contributed by atoms with E-state index in [1.54, 1.807) is 6.08 Å². The molecule has 0 unspecified atom stereocenters. The summed E-state index contributed by atoms with van der Waals surface area (Å²) in [5.41, 5.74) is 2.13. The van der Waals surface area contributed by atoms with Gasteiger partial charge in [-0.1, -0.05) is 36.4 Å². The van der Waals surface area contributed by atoms with Crippen molar-refractivity contribution in [1.29, 1.82) is 0 Å². The minimum Gasteiger partial charge on any atom is -0.295 e. The van der Waals surface area contributed by atoms with Crippen LogP contribution in [0.15, 0.2) is 42.5 Å². The van der Waals surface area contributed by atoms with Crippen LogP contribution in [0.25, 0.3) is 5.57 Å². The zero-order valence-electron chi connectivity index (χ0n) is 7.16. The van der Waals surface area contributed by atoms with E-state index in [-0.39, 0.29) is 5.78 Å². The summed E-state index contributed by atoms with van der Waals surface area (Å²) in [6, 6.07) is 10.9. The molecule has 0 fully saturated rings. The molecule has 1 aliphatic carbocycles. The van der Waals surface area contributed by atoms with Crippen molar-refractivity contribution in [3.63, 3.8) is 0 Å². The number of hydrogen-bond donors (Lipinski definition) is 0. The number of benzene rings is 1. The van der Waals surface area contributed by atoms with E-state index in [1.165, 1.54) is 0 Å². The lowest BCUT2D eigenvalue weighted by Gasteiger charge is -2.05. The van der Waals surface area contributed by atoms with E-state index in [4.69, 9.17) is 0 Å². The van der Waals surface area contributed by atoms with Crippen LogP contribution < -0.4 is 0 Å². The van der Waals surface area contributed by atoms with E-state index in [2.05, 4.69) is 6.07 Å². The van der Waals surface area contributed by atoms with Gasteiger partial charge in [0.05, 0.1) is 0 Å². The van der Waals surface area contributed by atoms with E-state index < -0.39 is 0 Å². The van der Waals surface area contributed by atoms with Crippen molar-refractivity contribution in [3.05, 3.63) is 54.1 Å². The fraction of sp³-hybridized carbons (Fsp3) is 0.0833. The van der Waals surface area contributed by atoms with E-state index in [9.17, 15) is 4.79 Å². The zero-order chi connectivity index (χ0) is 9.10. The Morgan fingerprint density at radius 2 is 2.15 bits per heavy atom. The number of rotatable bonds is 1. The molecule has 0 spiro atoms. The molecule has 0 atom stereocenters. The topological polar surface area (TPSA) is 17.1 Å². The van der Waals surface area contributed by atoms with Crippen molar-refractivity contribution >= 4 is 11.4 Å². The molecule has 0 aromatic heterocycles. The molecule has 1 nitrogen and oxygen atoms in total. The fourth-order valence-electron chi connectivity index (χ4n) is 1.30. The Bertz CT molecular complexity index is 371. The van der Waals surface area contributed by atoms with Gasteiger partial charge in [-0.3, -0.25) is 4.79 Å². The molecular weight excluding hydrogens is 160 g/mol. The molecule has 0 heterocycles. The molecule has 0 saturated heterocycles. The number of hydrogen-bond acceptors (Lipinski definition) is 1. The van der Waals surface area contributed by atoms with Crippen LogP contribution >= 0.6 is 0 Å². The van der Waals surface area contributed by atoms with Crippen molar-refractivity contribution in [1.82, 2.24) is 0 Å². The van der Waals surface area contributed by atoms with Crippen LogP contribution in [0, 0.1) is 6.07 Å². The lowest BCUT2D eigenvalue weighted by Crippen LogP contribution is -1.95. The molecule has 0 saturated carbocycles. The first-order valence-electron chi connectivity index (χ1n) is 4.24. The molecule has 1 aliphatic rings. The Hall–Kier alpha value is -1.63. The number of carbonyl (C=O) groups excluding carboxylic acids is 1. The molecule has 0 amide bonds. The maximum Gasteiger partial charge on any atom is 0.159 e. The third-order valence-electron chi connectivity index (χ3n) is 1.99. The molecule has 1 aromatic rings. The van der Waals surface area contributed by atoms with Crippen molar-refractivity contribution in [2.75, 3.05) is 0 Å². The predicted molar refractivity (Wildman–Crippen MR) is 52.0 cm³/mol. The van der Waals surface area contributed by atoms with Crippen LogP contribution in [0.3, 0.4) is 0 Å². The summed E-state index contributed by atoms with van der Waals surface area (Å²) in [7, 11) is 0. The van der Waals surface area contributed by atoms with Gasteiger partial charge in [-0.2, -0.15) is 0 Å². The van der Waals surface area contributed by atoms with E-state index >= 15 is 0 Å². The minimum atomic E-state index is 0.166. The van der Waals surface area contributed by atoms with Crippen LogP contribution in [0.1, 0.15) is 12.0 Å². The second kappa shape index (κ2) is 3.40. The fourth-order valence-corrected chi connectivity index (χ4v) is 1.30. The standard InChI is InChI=1S/C12H9O/c13-12-8-6-11(7-9-12)10-4-2-1-3-5-10/h1-4,6-8H,9H2. The van der Waals surface area contributed by atoms with Gasteiger partial charge in [-0.05, 0) is 23.3 Å². The molecule has 0 bridgehead atoms. The van der Waals surface area contributed by atoms with E-state index in [0.717, 1.165) is 11.1 Å². The molecule has 13 heavy (non-hydrogen) atoms. The van der Waals surface area contributed by atoms with E-state index in [1.807, 2.05) is 36.4 Å². The van der Waals surface area contributed by atoms with Crippen LogP contribution in [-0.4, -0.2) is 5.78 Å². The van der Waals surface area contributed by atoms with Crippen LogP contribution in [0.4, 0.5) is 0 Å². The second-order valence-electron chi connectivity index (χ2n) is 2.94. The average molecular weight is 169 g/mol. The quantitative estimate of drug-likeness (QED) is 0.631. The van der Waals surface area contributed by atoms with E-state index in [0.29, 0.717) is 6.42 Å². The summed E-state index contributed by atoms with van der Waals surface area (Å²) in [5.74, 6) is 0.166. The van der Waals surface area contributed by atoms with Gasteiger partial charge in [0.2, 0.25) is 0 Å². The first-order valence-corrected chi connectivity index (χ1v) is 4.24. The summed E-state index contributed by atoms with van der Waals surface area (Å²) >= 11 is 0. The van der Waals surface area contributed by atoms with Gasteiger partial charge in [0.25, 0.3) is 0 Å². The summed E-state index contributed by atoms with van der Waals surface area (Å²) in [6.07, 6.45) is 5.91. The smallest absolute Gasteiger partial charge is 0.159 e. The number of carbonyl (C=O) groups is 1. The molecule has 2 rings (SSSR count). The van der Waals surface area contributed by atoms with Gasteiger partial charge in [0, 0.05) is 6.42 Å². The van der Waals surface area contributed by atoms with Crippen molar-refractivity contribution < 1.29 is 4.79 Å². The monoisotopic (exact) mass is 169 g/mol. The molecule has 0 N–H and O–H groups in total. The highest BCUT2D eigenvalue weighted by molar-refractivity contribution is 5.97. The van der Waals surface area contributed by atoms with Gasteiger partial charge >= 0.3 is 0 Å². The predicted octanol–water partition coefficient (Wildman–Crippen LogP) is 2.40. The maximum absolute atomic E-state index is 10.9. The van der Waals surface area contributed by atoms with Gasteiger partial charge in [-0.15, -0.1) is 0 Å². The summed E-state index contributed by atoms with van der Waals surface area (Å²) in [4.78, 5) is 10.9. The Kier molecular flexibility index (Phi) is 2.09. The van der Waals surface area contributed by atoms with Gasteiger partial charge in [0.1, 0.15) is 0 Å². The minimum absolute atomic E-state index is 0.166. The first kappa shape index (κ1) is 7.99. The normalized spacial score (nSPS) is 15.7. The Labute approximate surface area is 77.4 Å². The third kappa shape index (κ3) is 1.75. The number of allylic oxidation sites excluding steroid dienone is 4. The molecular formula is C12H9O. The Morgan fingerprint density at radius 1 is 1.23 bits per heavy atom. The third-order valence-corrected chi connectivity index (χ3v) is 1.99. The van der Waals surface area contributed by atoms with Crippen LogP contribution in [0.5, 0.6) is 0 Å². The van der Waals surface area contributed by atoms with Gasteiger partial charge in [-0.25, -0.2) is 0 Å². The van der Waals surface area contributed by atoms with Crippen molar-refractivity contribution in [3.8, 4) is 0 Å². The zero-order valence-corrected chi connectivity index (χ0v) is 7.16. The van der Waals surface area contributed by atoms with Crippen LogP contribution in [-0.2, 0) is 4.79 Å². The Balaban J connectivity index is 2.30. The van der Waals surface area contributed by atoms with Crippen LogP contribution in [0.2, 0.25) is 0 Å². The largest absolute Gasteiger partial charge is 0.295 e. The molecule has 1 radical (unpaired) electrons. The summed E-state index contributed by atoms with van der Waals surface area (Å²) in [6.45, 7) is 0. The highest BCUT2D eigenvalue weighted by Gasteiger charge is 2.04. The second-order valence-corrected chi connectivity index (χ2v) is 2.94. The lowest BCUT2D eigenvalue weighted by atomic mass is 9.99. The highest BCUT2D eigenvalue weighted by Crippen LogP contribution is 2.18. The number of ketones is 1. The molecule has 1 aromatic carbocycles. The van der Waals surface area contributed by atoms with Crippen molar-refractivity contribution in [2.45, 2.75) is 6.42 Å². The molecule has 1 heteroatoms. The van der Waals surface area contributed by atoms with Gasteiger partial charge in [0.15, 0.2) is 5.78 Å². The van der Waals surface area contributed by atoms with Gasteiger partial charge < -0.3 is 0 Å². The summed E-state index contributed by atoms with van der Waals surface area (Å²) < 4.78 is 0. The first-order chi connectivity index (χ1) is 6.36. The lowest BCUT2D eigenvalue weighted by molar-refractivity contribution is -0.113. The van der Waals surface area contributed by atoms with Crippen molar-refractivity contribution in [2.24, 2.45) is 0 Å². The SMILES string of the molecule is O=C1C=CC(c2[c]cccc2)=CC1. The highest BCUT2D eigenvalue weighted by atomic mass is 16.1.